The van der Waals surface area contributed by atoms with Gasteiger partial charge in [0.25, 0.3) is 0 Å². The standard InChI is InChI=1S/C46H86O5/c1-3-5-7-9-31-37-43-49-45(39-33-27-23-19-15-11-13-17-21-25-29-35-41-47)51-46(50-44-38-32-10-8-6-4-2)40-34-28-24-20-16-12-14-18-22-26-30-36-42-48/h33-34,39-42,45-46H,3-32,35-38,43-44H2,1-2H3. The van der Waals surface area contributed by atoms with Gasteiger partial charge in [0.15, 0.2) is 12.6 Å². The highest BCUT2D eigenvalue weighted by atomic mass is 16.8. The van der Waals surface area contributed by atoms with E-state index < -0.39 is 0 Å². The highest BCUT2D eigenvalue weighted by molar-refractivity contribution is 5.49. The van der Waals surface area contributed by atoms with Gasteiger partial charge in [-0.15, -0.1) is 0 Å². The third-order valence-corrected chi connectivity index (χ3v) is 9.80. The van der Waals surface area contributed by atoms with Gasteiger partial charge in [-0.05, 0) is 63.5 Å². The van der Waals surface area contributed by atoms with Crippen molar-refractivity contribution >= 4 is 12.6 Å². The maximum atomic E-state index is 10.4. The molecule has 0 aromatic carbocycles. The smallest absolute Gasteiger partial charge is 0.180 e. The summed E-state index contributed by atoms with van der Waals surface area (Å²) in [4.78, 5) is 20.9. The highest BCUT2D eigenvalue weighted by Crippen LogP contribution is 2.16. The first kappa shape index (κ1) is 49.7. The van der Waals surface area contributed by atoms with Crippen LogP contribution in [0.25, 0.3) is 0 Å². The first-order chi connectivity index (χ1) is 25.3. The van der Waals surface area contributed by atoms with Crippen molar-refractivity contribution in [3.63, 3.8) is 0 Å². The van der Waals surface area contributed by atoms with E-state index in [4.69, 9.17) is 14.2 Å². The van der Waals surface area contributed by atoms with Gasteiger partial charge in [0.1, 0.15) is 12.6 Å². The van der Waals surface area contributed by atoms with Crippen molar-refractivity contribution in [1.29, 1.82) is 0 Å². The zero-order valence-corrected chi connectivity index (χ0v) is 34.1. The lowest BCUT2D eigenvalue weighted by atomic mass is 10.1. The molecule has 5 nitrogen and oxygen atoms in total. The van der Waals surface area contributed by atoms with Gasteiger partial charge in [0.2, 0.25) is 0 Å². The Kier molecular flexibility index (Phi) is 43.7. The van der Waals surface area contributed by atoms with Gasteiger partial charge in [-0.2, -0.15) is 0 Å². The third kappa shape index (κ3) is 41.3. The molecular formula is C46H86O5. The molecule has 0 saturated carbocycles. The summed E-state index contributed by atoms with van der Waals surface area (Å²) in [5.74, 6) is 0. The normalized spacial score (nSPS) is 13.1. The second-order valence-corrected chi connectivity index (χ2v) is 14.9. The second-order valence-electron chi connectivity index (χ2n) is 14.9. The number of rotatable bonds is 44. The summed E-state index contributed by atoms with van der Waals surface area (Å²) in [5, 5.41) is 0. The summed E-state index contributed by atoms with van der Waals surface area (Å²) in [7, 11) is 0. The van der Waals surface area contributed by atoms with Crippen LogP contribution in [0.3, 0.4) is 0 Å². The van der Waals surface area contributed by atoms with E-state index in [-0.39, 0.29) is 12.6 Å². The van der Waals surface area contributed by atoms with Gasteiger partial charge in [-0.1, -0.05) is 180 Å². The van der Waals surface area contributed by atoms with Crippen molar-refractivity contribution in [1.82, 2.24) is 0 Å². The molecule has 0 aromatic heterocycles. The number of aldehydes is 2. The molecule has 0 aliphatic rings. The molecule has 0 bridgehead atoms. The van der Waals surface area contributed by atoms with Gasteiger partial charge in [0, 0.05) is 12.8 Å². The molecule has 0 heterocycles. The van der Waals surface area contributed by atoms with Gasteiger partial charge < -0.3 is 23.8 Å². The molecule has 0 rings (SSSR count). The average molecular weight is 719 g/mol. The number of allylic oxidation sites excluding steroid dienone is 2. The van der Waals surface area contributed by atoms with E-state index in [2.05, 4.69) is 38.2 Å². The number of carbonyl (C=O) groups excluding carboxylic acids is 2. The SMILES string of the molecule is CCCCCCCCOC(C=CCCCCCCCCCCCC=O)OC(C=CCCCCCCCCCCCC=O)OCCCCCCCC. The van der Waals surface area contributed by atoms with E-state index in [0.29, 0.717) is 0 Å². The molecule has 0 aliphatic heterocycles. The average Bonchev–Trinajstić information content (AvgIpc) is 3.14. The minimum atomic E-state index is -0.377. The predicted molar refractivity (Wildman–Crippen MR) is 219 cm³/mol. The van der Waals surface area contributed by atoms with Crippen LogP contribution in [0.4, 0.5) is 0 Å². The van der Waals surface area contributed by atoms with Crippen molar-refractivity contribution in [3.8, 4) is 0 Å². The van der Waals surface area contributed by atoms with E-state index in [0.717, 1.165) is 77.2 Å². The van der Waals surface area contributed by atoms with Crippen molar-refractivity contribution in [2.75, 3.05) is 13.2 Å². The molecule has 0 N–H and O–H groups in total. The minimum absolute atomic E-state index is 0.377. The lowest BCUT2D eigenvalue weighted by molar-refractivity contribution is -0.208. The fourth-order valence-electron chi connectivity index (χ4n) is 6.45. The number of unbranched alkanes of at least 4 members (excludes halogenated alkanes) is 30. The molecule has 0 radical (unpaired) electrons. The van der Waals surface area contributed by atoms with E-state index in [9.17, 15) is 9.59 Å². The maximum Gasteiger partial charge on any atom is 0.180 e. The Morgan fingerprint density at radius 1 is 0.353 bits per heavy atom. The van der Waals surface area contributed by atoms with Crippen LogP contribution in [0, 0.1) is 0 Å². The maximum absolute atomic E-state index is 10.4. The van der Waals surface area contributed by atoms with Crippen LogP contribution in [-0.2, 0) is 23.8 Å². The first-order valence-electron chi connectivity index (χ1n) is 22.4. The number of hydrogen-bond donors (Lipinski definition) is 0. The highest BCUT2D eigenvalue weighted by Gasteiger charge is 2.13. The van der Waals surface area contributed by atoms with Crippen LogP contribution in [0.5, 0.6) is 0 Å². The predicted octanol–water partition coefficient (Wildman–Crippen LogP) is 14.5. The molecule has 51 heavy (non-hydrogen) atoms. The Morgan fingerprint density at radius 3 is 0.941 bits per heavy atom. The molecule has 0 aliphatic carbocycles. The fourth-order valence-corrected chi connectivity index (χ4v) is 6.45. The number of ether oxygens (including phenoxy) is 3. The largest absolute Gasteiger partial charge is 0.349 e. The Bertz CT molecular complexity index is 675. The van der Waals surface area contributed by atoms with Crippen LogP contribution in [0.1, 0.15) is 232 Å². The van der Waals surface area contributed by atoms with Gasteiger partial charge in [-0.25, -0.2) is 0 Å². The molecule has 0 saturated heterocycles. The fraction of sp³-hybridized carbons (Fsp3) is 0.870. The Hall–Kier alpha value is -1.30. The third-order valence-electron chi connectivity index (χ3n) is 9.80. The van der Waals surface area contributed by atoms with Gasteiger partial charge >= 0.3 is 0 Å². The minimum Gasteiger partial charge on any atom is -0.349 e. The van der Waals surface area contributed by atoms with Gasteiger partial charge in [-0.3, -0.25) is 0 Å². The van der Waals surface area contributed by atoms with Crippen LogP contribution in [0.2, 0.25) is 0 Å². The van der Waals surface area contributed by atoms with E-state index in [1.54, 1.807) is 0 Å². The molecule has 2 atom stereocenters. The summed E-state index contributed by atoms with van der Waals surface area (Å²) >= 11 is 0. The summed E-state index contributed by atoms with van der Waals surface area (Å²) in [6.45, 7) is 5.98. The molecule has 2 unspecified atom stereocenters. The number of hydrogen-bond acceptors (Lipinski definition) is 5. The van der Waals surface area contributed by atoms with Crippen LogP contribution in [0.15, 0.2) is 24.3 Å². The topological polar surface area (TPSA) is 61.8 Å². The second kappa shape index (κ2) is 44.9. The number of carbonyl (C=O) groups is 2. The molecule has 0 aromatic rings. The van der Waals surface area contributed by atoms with Crippen molar-refractivity contribution in [3.05, 3.63) is 24.3 Å². The Balaban J connectivity index is 4.78. The van der Waals surface area contributed by atoms with Crippen LogP contribution < -0.4 is 0 Å². The van der Waals surface area contributed by atoms with Crippen LogP contribution in [-0.4, -0.2) is 38.4 Å². The van der Waals surface area contributed by atoms with Crippen molar-refractivity contribution < 1.29 is 23.8 Å². The van der Waals surface area contributed by atoms with Crippen LogP contribution >= 0.6 is 0 Å². The zero-order valence-electron chi connectivity index (χ0n) is 34.1. The Morgan fingerprint density at radius 2 is 0.627 bits per heavy atom. The Labute approximate surface area is 317 Å². The van der Waals surface area contributed by atoms with Gasteiger partial charge in [0.05, 0.1) is 13.2 Å². The molecule has 5 heteroatoms. The van der Waals surface area contributed by atoms with Crippen molar-refractivity contribution in [2.24, 2.45) is 0 Å². The molecule has 300 valence electrons. The molecular weight excluding hydrogens is 633 g/mol. The van der Waals surface area contributed by atoms with Crippen molar-refractivity contribution in [2.45, 2.75) is 245 Å². The molecule has 0 fully saturated rings. The zero-order chi connectivity index (χ0) is 37.0. The molecule has 0 spiro atoms. The van der Waals surface area contributed by atoms with E-state index in [1.165, 1.54) is 167 Å². The van der Waals surface area contributed by atoms with E-state index in [1.807, 2.05) is 0 Å². The summed E-state index contributed by atoms with van der Waals surface area (Å²) in [5.41, 5.74) is 0. The molecule has 0 amide bonds. The monoisotopic (exact) mass is 719 g/mol. The quantitative estimate of drug-likeness (QED) is 0.0272. The lowest BCUT2D eigenvalue weighted by Gasteiger charge is -2.22. The lowest BCUT2D eigenvalue weighted by Crippen LogP contribution is -2.25. The summed E-state index contributed by atoms with van der Waals surface area (Å²) < 4.78 is 19.1. The summed E-state index contributed by atoms with van der Waals surface area (Å²) in [6, 6.07) is 0. The van der Waals surface area contributed by atoms with E-state index >= 15 is 0 Å². The summed E-state index contributed by atoms with van der Waals surface area (Å²) in [6.07, 6.45) is 51.2. The first-order valence-corrected chi connectivity index (χ1v) is 22.4.